The summed E-state index contributed by atoms with van der Waals surface area (Å²) in [6.45, 7) is 5.24. The molecule has 0 aliphatic heterocycles. The highest BCUT2D eigenvalue weighted by molar-refractivity contribution is 5.94. The number of rotatable bonds is 7. The Morgan fingerprint density at radius 3 is 2.18 bits per heavy atom. The zero-order valence-corrected chi connectivity index (χ0v) is 13.2. The van der Waals surface area contributed by atoms with E-state index in [4.69, 9.17) is 4.74 Å². The van der Waals surface area contributed by atoms with E-state index in [-0.39, 0.29) is 11.9 Å². The van der Waals surface area contributed by atoms with Gasteiger partial charge in [0.25, 0.3) is 5.91 Å². The first kappa shape index (κ1) is 16.2. The maximum absolute atomic E-state index is 12.2. The molecule has 2 aromatic rings. The third kappa shape index (κ3) is 5.01. The van der Waals surface area contributed by atoms with Crippen molar-refractivity contribution in [3.8, 4) is 0 Å². The van der Waals surface area contributed by atoms with Crippen LogP contribution >= 0.6 is 0 Å². The van der Waals surface area contributed by atoms with Gasteiger partial charge in [-0.3, -0.25) is 4.79 Å². The fourth-order valence-electron chi connectivity index (χ4n) is 2.12. The predicted molar refractivity (Wildman–Crippen MR) is 88.6 cm³/mol. The number of amides is 1. The molecule has 1 N–H and O–H groups in total. The minimum absolute atomic E-state index is 0.00332. The lowest BCUT2D eigenvalue weighted by molar-refractivity contribution is 0.0724. The van der Waals surface area contributed by atoms with Crippen LogP contribution in [0.25, 0.3) is 0 Å². The second-order valence-electron chi connectivity index (χ2n) is 5.69. The van der Waals surface area contributed by atoms with E-state index in [1.165, 1.54) is 0 Å². The van der Waals surface area contributed by atoms with Crippen LogP contribution in [0.15, 0.2) is 60.7 Å². The van der Waals surface area contributed by atoms with E-state index in [9.17, 15) is 4.79 Å². The van der Waals surface area contributed by atoms with Gasteiger partial charge < -0.3 is 10.1 Å². The number of hydrogen-bond donors (Lipinski definition) is 1. The molecule has 0 aromatic heterocycles. The fraction of sp³-hybridized carbons (Fsp3) is 0.316. The Hall–Kier alpha value is -2.13. The molecule has 0 radical (unpaired) electrons. The van der Waals surface area contributed by atoms with Gasteiger partial charge in [-0.05, 0) is 23.6 Å². The molecule has 0 unspecified atom stereocenters. The van der Waals surface area contributed by atoms with E-state index in [0.29, 0.717) is 24.7 Å². The van der Waals surface area contributed by atoms with Crippen LogP contribution in [0.3, 0.4) is 0 Å². The van der Waals surface area contributed by atoms with Crippen molar-refractivity contribution in [2.75, 3.05) is 6.61 Å². The second-order valence-corrected chi connectivity index (χ2v) is 5.69. The molecule has 116 valence electrons. The molecule has 0 saturated heterocycles. The molecule has 0 aliphatic rings. The number of ether oxygens (including phenoxy) is 1. The molecule has 0 heterocycles. The summed E-state index contributed by atoms with van der Waals surface area (Å²) in [7, 11) is 0. The zero-order chi connectivity index (χ0) is 15.8. The maximum atomic E-state index is 12.2. The molecule has 1 amide bonds. The second kappa shape index (κ2) is 8.35. The van der Waals surface area contributed by atoms with Crippen LogP contribution in [0.5, 0.6) is 0 Å². The number of nitrogens with one attached hydrogen (secondary N) is 1. The molecular formula is C19H23NO2. The Balaban J connectivity index is 1.86. The lowest BCUT2D eigenvalue weighted by Gasteiger charge is -2.22. The van der Waals surface area contributed by atoms with Crippen molar-refractivity contribution in [3.63, 3.8) is 0 Å². The van der Waals surface area contributed by atoms with E-state index >= 15 is 0 Å². The predicted octanol–water partition coefficient (Wildman–Crippen LogP) is 3.66. The van der Waals surface area contributed by atoms with E-state index in [0.717, 1.165) is 5.56 Å². The van der Waals surface area contributed by atoms with Crippen molar-refractivity contribution < 1.29 is 9.53 Å². The number of hydrogen-bond acceptors (Lipinski definition) is 2. The Kier molecular flexibility index (Phi) is 6.16. The molecule has 2 aromatic carbocycles. The third-order valence-corrected chi connectivity index (χ3v) is 3.57. The molecule has 0 bridgehead atoms. The van der Waals surface area contributed by atoms with Gasteiger partial charge in [-0.15, -0.1) is 0 Å². The maximum Gasteiger partial charge on any atom is 0.251 e. The summed E-state index contributed by atoms with van der Waals surface area (Å²) in [4.78, 5) is 12.2. The van der Waals surface area contributed by atoms with Crippen molar-refractivity contribution in [2.45, 2.75) is 26.5 Å². The van der Waals surface area contributed by atoms with Gasteiger partial charge in [0.1, 0.15) is 0 Å². The van der Waals surface area contributed by atoms with Crippen molar-refractivity contribution in [1.29, 1.82) is 0 Å². The van der Waals surface area contributed by atoms with E-state index in [2.05, 4.69) is 19.2 Å². The van der Waals surface area contributed by atoms with E-state index in [1.54, 1.807) is 0 Å². The molecule has 0 aliphatic carbocycles. The van der Waals surface area contributed by atoms with Gasteiger partial charge in [0.15, 0.2) is 0 Å². The van der Waals surface area contributed by atoms with Gasteiger partial charge >= 0.3 is 0 Å². The quantitative estimate of drug-likeness (QED) is 0.847. The summed E-state index contributed by atoms with van der Waals surface area (Å²) >= 11 is 0. The zero-order valence-electron chi connectivity index (χ0n) is 13.2. The standard InChI is InChI=1S/C19H23NO2/c1-15(2)18(14-22-13-16-9-5-3-6-10-16)20-19(21)17-11-7-4-8-12-17/h3-12,15,18H,13-14H2,1-2H3,(H,20,21)/t18-/m1/s1. The van der Waals surface area contributed by atoms with Gasteiger partial charge in [0.2, 0.25) is 0 Å². The van der Waals surface area contributed by atoms with Gasteiger partial charge in [0, 0.05) is 5.56 Å². The molecule has 22 heavy (non-hydrogen) atoms. The van der Waals surface area contributed by atoms with Crippen LogP contribution < -0.4 is 5.32 Å². The largest absolute Gasteiger partial charge is 0.375 e. The van der Waals surface area contributed by atoms with Crippen LogP contribution in [0.2, 0.25) is 0 Å². The Labute approximate surface area is 132 Å². The highest BCUT2D eigenvalue weighted by Gasteiger charge is 2.17. The van der Waals surface area contributed by atoms with Gasteiger partial charge in [-0.25, -0.2) is 0 Å². The first-order valence-electron chi connectivity index (χ1n) is 7.64. The van der Waals surface area contributed by atoms with Crippen LogP contribution in [0, 0.1) is 5.92 Å². The average molecular weight is 297 g/mol. The molecule has 0 fully saturated rings. The highest BCUT2D eigenvalue weighted by atomic mass is 16.5. The van der Waals surface area contributed by atoms with Gasteiger partial charge in [-0.2, -0.15) is 0 Å². The van der Waals surface area contributed by atoms with Crippen LogP contribution in [0.4, 0.5) is 0 Å². The SMILES string of the molecule is CC(C)[C@@H](COCc1ccccc1)NC(=O)c1ccccc1. The minimum Gasteiger partial charge on any atom is -0.375 e. The number of carbonyl (C=O) groups is 1. The highest BCUT2D eigenvalue weighted by Crippen LogP contribution is 2.07. The summed E-state index contributed by atoms with van der Waals surface area (Å²) in [5.74, 6) is 0.256. The van der Waals surface area contributed by atoms with Crippen LogP contribution in [-0.2, 0) is 11.3 Å². The lowest BCUT2D eigenvalue weighted by atomic mass is 10.0. The Morgan fingerprint density at radius 2 is 1.59 bits per heavy atom. The first-order valence-corrected chi connectivity index (χ1v) is 7.64. The number of carbonyl (C=O) groups excluding carboxylic acids is 1. The molecule has 3 heteroatoms. The monoisotopic (exact) mass is 297 g/mol. The Bertz CT molecular complexity index is 567. The van der Waals surface area contributed by atoms with E-state index < -0.39 is 0 Å². The average Bonchev–Trinajstić information content (AvgIpc) is 2.55. The molecule has 3 nitrogen and oxygen atoms in total. The van der Waals surface area contributed by atoms with Crippen LogP contribution in [0.1, 0.15) is 29.8 Å². The first-order chi connectivity index (χ1) is 10.7. The topological polar surface area (TPSA) is 38.3 Å². The summed E-state index contributed by atoms with van der Waals surface area (Å²) in [5, 5.41) is 3.06. The molecule has 2 rings (SSSR count). The normalized spacial score (nSPS) is 12.1. The van der Waals surface area contributed by atoms with Crippen molar-refractivity contribution in [1.82, 2.24) is 5.32 Å². The smallest absolute Gasteiger partial charge is 0.251 e. The summed E-state index contributed by atoms with van der Waals surface area (Å²) in [5.41, 5.74) is 1.82. The summed E-state index contributed by atoms with van der Waals surface area (Å²) in [6.07, 6.45) is 0. The Morgan fingerprint density at radius 1 is 1.00 bits per heavy atom. The van der Waals surface area contributed by atoms with Gasteiger partial charge in [0.05, 0.1) is 19.3 Å². The third-order valence-electron chi connectivity index (χ3n) is 3.57. The molecule has 1 atom stereocenters. The number of benzene rings is 2. The summed E-state index contributed by atoms with van der Waals surface area (Å²) < 4.78 is 5.77. The molecular weight excluding hydrogens is 274 g/mol. The minimum atomic E-state index is -0.0531. The van der Waals surface area contributed by atoms with Crippen LogP contribution in [-0.4, -0.2) is 18.6 Å². The summed E-state index contributed by atoms with van der Waals surface area (Å²) in [6, 6.07) is 19.3. The fourth-order valence-corrected chi connectivity index (χ4v) is 2.12. The van der Waals surface area contributed by atoms with Crippen molar-refractivity contribution in [2.24, 2.45) is 5.92 Å². The van der Waals surface area contributed by atoms with Crippen molar-refractivity contribution in [3.05, 3.63) is 71.8 Å². The van der Waals surface area contributed by atoms with Gasteiger partial charge in [-0.1, -0.05) is 62.4 Å². The van der Waals surface area contributed by atoms with E-state index in [1.807, 2.05) is 60.7 Å². The molecule has 0 saturated carbocycles. The lowest BCUT2D eigenvalue weighted by Crippen LogP contribution is -2.41. The van der Waals surface area contributed by atoms with Crippen molar-refractivity contribution >= 4 is 5.91 Å². The molecule has 0 spiro atoms.